The maximum Gasteiger partial charge on any atom is 0.407 e. The number of hydrogen-bond acceptors (Lipinski definition) is 20. The molecular formula is C85H118N12O10S4. The molecule has 22 nitrogen and oxygen atoms in total. The van der Waals surface area contributed by atoms with E-state index in [0.717, 1.165) is 79.6 Å². The SMILES string of the molecule is C.CC.CC(C)c1nc(CN(C)C(=O)N[C@@H](CCN2CCOCC2)C(=O)C[C@H](CC[C@H](Cc2ccccc2)NC(=O)OCc2cncs2)Cc2ccccc2)cs1.CC(C)c1nc(CN(C)C(=O)N[C@@H](CCN2CCOCC2)C(=O)C[C@H](CC[C@H](Cc2ccccc2)NC(=O)OCc2cncs2)Cc2ccccc2)cs1. The summed E-state index contributed by atoms with van der Waals surface area (Å²) in [5, 5.41) is 18.5. The number of thiazole rings is 4. The number of hydrogen-bond donors (Lipinski definition) is 4. The molecule has 6 atom stereocenters. The van der Waals surface area contributed by atoms with E-state index in [-0.39, 0.29) is 68.2 Å². The normalized spacial score (nSPS) is 14.6. The number of carbonyl (C=O) groups is 6. The third kappa shape index (κ3) is 33.5. The van der Waals surface area contributed by atoms with Crippen molar-refractivity contribution >= 4 is 81.2 Å². The molecule has 6 heterocycles. The van der Waals surface area contributed by atoms with Crippen LogP contribution in [0.2, 0.25) is 0 Å². The van der Waals surface area contributed by atoms with Crippen LogP contribution < -0.4 is 21.3 Å². The van der Waals surface area contributed by atoms with Gasteiger partial charge in [-0.3, -0.25) is 29.4 Å². The third-order valence-corrected chi connectivity index (χ3v) is 23.1. The van der Waals surface area contributed by atoms with Crippen molar-refractivity contribution in [3.8, 4) is 0 Å². The number of Topliss-reactive ketones (excluding diaryl/α,β-unsaturated/α-hetero) is 2. The second-order valence-corrected chi connectivity index (χ2v) is 32.3. The van der Waals surface area contributed by atoms with Gasteiger partial charge in [0.15, 0.2) is 11.6 Å². The Balaban J connectivity index is 0.000000299. The zero-order chi connectivity index (χ0) is 78.2. The van der Waals surface area contributed by atoms with Crippen molar-refractivity contribution in [3.63, 3.8) is 0 Å². The molecule has 0 spiro atoms. The highest BCUT2D eigenvalue weighted by Crippen LogP contribution is 2.27. The van der Waals surface area contributed by atoms with Gasteiger partial charge in [-0.15, -0.1) is 45.3 Å². The monoisotopic (exact) mass is 1590 g/mol. The Hall–Kier alpha value is -8.34. The number of ketones is 2. The van der Waals surface area contributed by atoms with E-state index < -0.39 is 24.3 Å². The van der Waals surface area contributed by atoms with Crippen LogP contribution in [0.3, 0.4) is 0 Å². The average Bonchev–Trinajstić information content (AvgIpc) is 1.85. The second kappa shape index (κ2) is 49.9. The molecular weight excluding hydrogens is 1480 g/mol. The Morgan fingerprint density at radius 1 is 0.468 bits per heavy atom. The lowest BCUT2D eigenvalue weighted by molar-refractivity contribution is -0.123. The lowest BCUT2D eigenvalue weighted by Crippen LogP contribution is -2.49. The van der Waals surface area contributed by atoms with Crippen molar-refractivity contribution in [2.75, 3.05) is 79.8 Å². The number of aromatic nitrogens is 4. The molecule has 0 aliphatic carbocycles. The van der Waals surface area contributed by atoms with Crippen LogP contribution in [0.1, 0.15) is 166 Å². The molecule has 8 aromatic rings. The zero-order valence-electron chi connectivity index (χ0n) is 65.3. The van der Waals surface area contributed by atoms with E-state index in [1.807, 2.05) is 97.4 Å². The van der Waals surface area contributed by atoms with Crippen molar-refractivity contribution < 1.29 is 47.7 Å². The molecule has 4 aromatic carbocycles. The lowest BCUT2D eigenvalue weighted by Gasteiger charge is -2.29. The highest BCUT2D eigenvalue weighted by atomic mass is 32.1. The van der Waals surface area contributed by atoms with E-state index >= 15 is 0 Å². The minimum absolute atomic E-state index is 0. The van der Waals surface area contributed by atoms with Gasteiger partial charge in [-0.1, -0.05) is 170 Å². The number of nitrogens with zero attached hydrogens (tertiary/aromatic N) is 8. The largest absolute Gasteiger partial charge is 0.444 e. The van der Waals surface area contributed by atoms with Crippen LogP contribution in [0.15, 0.2) is 156 Å². The van der Waals surface area contributed by atoms with Gasteiger partial charge in [0.25, 0.3) is 0 Å². The predicted octanol–water partition coefficient (Wildman–Crippen LogP) is 15.8. The quantitative estimate of drug-likeness (QED) is 0.0279. The Bertz CT molecular complexity index is 3650. The third-order valence-electron chi connectivity index (χ3n) is 19.2. The van der Waals surface area contributed by atoms with Crippen molar-refractivity contribution in [3.05, 3.63) is 209 Å². The maximum absolute atomic E-state index is 14.3. The molecule has 2 aliphatic heterocycles. The van der Waals surface area contributed by atoms with E-state index in [0.29, 0.717) is 141 Å². The van der Waals surface area contributed by atoms with E-state index in [9.17, 15) is 28.8 Å². The number of rotatable bonds is 40. The summed E-state index contributed by atoms with van der Waals surface area (Å²) < 4.78 is 22.2. The number of benzene rings is 4. The minimum Gasteiger partial charge on any atom is -0.444 e. The topological polar surface area (TPSA) is 252 Å². The molecule has 10 rings (SSSR count). The van der Waals surface area contributed by atoms with Crippen molar-refractivity contribution in [2.45, 2.75) is 188 Å². The summed E-state index contributed by atoms with van der Waals surface area (Å²) in [7, 11) is 3.49. The molecule has 602 valence electrons. The number of morpholine rings is 2. The number of alkyl carbamates (subject to hydrolysis) is 2. The molecule has 0 radical (unpaired) electrons. The Labute approximate surface area is 674 Å². The van der Waals surface area contributed by atoms with Gasteiger partial charge in [0.1, 0.15) is 13.2 Å². The van der Waals surface area contributed by atoms with Gasteiger partial charge in [-0.2, -0.15) is 0 Å². The van der Waals surface area contributed by atoms with E-state index in [2.05, 4.69) is 117 Å². The Morgan fingerprint density at radius 2 is 0.811 bits per heavy atom. The first kappa shape index (κ1) is 89.9. The van der Waals surface area contributed by atoms with Crippen LogP contribution in [0.5, 0.6) is 0 Å². The fourth-order valence-electron chi connectivity index (χ4n) is 13.1. The molecule has 0 unspecified atom stereocenters. The van der Waals surface area contributed by atoms with Crippen LogP contribution >= 0.6 is 45.3 Å². The van der Waals surface area contributed by atoms with Gasteiger partial charge >= 0.3 is 24.2 Å². The zero-order valence-corrected chi connectivity index (χ0v) is 68.6. The van der Waals surface area contributed by atoms with Gasteiger partial charge in [-0.25, -0.2) is 29.1 Å². The lowest BCUT2D eigenvalue weighted by atomic mass is 9.86. The second-order valence-electron chi connectivity index (χ2n) is 28.6. The summed E-state index contributed by atoms with van der Waals surface area (Å²) in [5.74, 6) is 0.635. The summed E-state index contributed by atoms with van der Waals surface area (Å²) in [6.45, 7) is 20.7. The average molecular weight is 1600 g/mol. The first-order valence-corrected chi connectivity index (χ1v) is 42.3. The fraction of sp³-hybridized carbons (Fsp3) is 0.506. The van der Waals surface area contributed by atoms with Crippen molar-refractivity contribution in [2.24, 2.45) is 11.8 Å². The molecule has 111 heavy (non-hydrogen) atoms. The number of nitrogens with one attached hydrogen (secondary N) is 4. The van der Waals surface area contributed by atoms with Crippen LogP contribution in [0.4, 0.5) is 19.2 Å². The number of carbonyl (C=O) groups excluding carboxylic acids is 6. The van der Waals surface area contributed by atoms with Gasteiger partial charge in [-0.05, 0) is 98.3 Å². The maximum atomic E-state index is 14.3. The molecule has 0 bridgehead atoms. The number of urea groups is 2. The Morgan fingerprint density at radius 3 is 1.13 bits per heavy atom. The molecule has 2 aliphatic rings. The summed E-state index contributed by atoms with van der Waals surface area (Å²) in [6.07, 6.45) is 9.39. The molecule has 4 N–H and O–H groups in total. The van der Waals surface area contributed by atoms with Crippen molar-refractivity contribution in [1.29, 1.82) is 0 Å². The van der Waals surface area contributed by atoms with Gasteiger partial charge in [0, 0.05) is 113 Å². The molecule has 0 saturated carbocycles. The fourth-order valence-corrected chi connectivity index (χ4v) is 15.8. The standard InChI is InChI=1S/2C41H54N6O5S2.C2H6.CH4/c2*1-30(2)39-43-35(28-53-39)26-46(3)40(49)45-37(16-17-47-18-20-51-21-19-47)38(48)24-33(22-31-10-6-4-7-11-31)14-15-34(23-32-12-8-5-9-13-32)44-41(50)52-27-36-25-42-29-54-36;1-2;/h2*4-13,25,28-30,33-34,37H,14-24,26-27H2,1-3H3,(H,44,50)(H,45,49);1-2H3;1H4/t2*33-,34-,37+;;/m11../s1. The smallest absolute Gasteiger partial charge is 0.407 e. The molecule has 2 fully saturated rings. The molecule has 4 aromatic heterocycles. The minimum atomic E-state index is -0.650. The summed E-state index contributed by atoms with van der Waals surface area (Å²) >= 11 is 6.08. The van der Waals surface area contributed by atoms with E-state index in [4.69, 9.17) is 28.9 Å². The summed E-state index contributed by atoms with van der Waals surface area (Å²) in [6, 6.07) is 38.2. The summed E-state index contributed by atoms with van der Waals surface area (Å²) in [4.78, 5) is 109. The van der Waals surface area contributed by atoms with E-state index in [1.54, 1.807) is 70.0 Å². The van der Waals surface area contributed by atoms with E-state index in [1.165, 1.54) is 22.7 Å². The van der Waals surface area contributed by atoms with Gasteiger partial charge < -0.3 is 50.0 Å². The number of ether oxygens (including phenoxy) is 4. The molecule has 6 amide bonds. The first-order valence-electron chi connectivity index (χ1n) is 38.8. The van der Waals surface area contributed by atoms with Crippen LogP contribution in [0.25, 0.3) is 0 Å². The van der Waals surface area contributed by atoms with Crippen molar-refractivity contribution in [1.82, 2.24) is 60.8 Å². The van der Waals surface area contributed by atoms with Gasteiger partial charge in [0.05, 0.1) is 93.8 Å². The van der Waals surface area contributed by atoms with Crippen LogP contribution in [-0.2, 0) is 80.5 Å². The summed E-state index contributed by atoms with van der Waals surface area (Å²) in [5.41, 5.74) is 9.60. The Kier molecular flexibility index (Phi) is 40.4. The predicted molar refractivity (Wildman–Crippen MR) is 446 cm³/mol. The highest BCUT2D eigenvalue weighted by Gasteiger charge is 2.31. The van der Waals surface area contributed by atoms with Crippen LogP contribution in [-0.4, -0.2) is 179 Å². The first-order chi connectivity index (χ1) is 53.4. The van der Waals surface area contributed by atoms with Crippen LogP contribution in [0, 0.1) is 11.8 Å². The van der Waals surface area contributed by atoms with Gasteiger partial charge in [0.2, 0.25) is 0 Å². The molecule has 2 saturated heterocycles. The molecule has 26 heteroatoms. The highest BCUT2D eigenvalue weighted by molar-refractivity contribution is 7.10. The number of amides is 6.